The molecule has 0 unspecified atom stereocenters. The molecule has 1 aromatic heterocycles. The molecule has 126 valence electrons. The first-order valence-electron chi connectivity index (χ1n) is 8.24. The van der Waals surface area contributed by atoms with E-state index in [1.165, 1.54) is 25.9 Å². The lowest BCUT2D eigenvalue weighted by atomic mass is 9.84. The first-order chi connectivity index (χ1) is 10.7. The molecule has 0 saturated carbocycles. The van der Waals surface area contributed by atoms with Gasteiger partial charge in [-0.05, 0) is 57.8 Å². The highest BCUT2D eigenvalue weighted by Gasteiger charge is 2.34. The second kappa shape index (κ2) is 6.57. The smallest absolute Gasteiger partial charge is 0.177 e. The van der Waals surface area contributed by atoms with Crippen LogP contribution in [0.15, 0.2) is 22.7 Å². The molecule has 3 saturated heterocycles. The van der Waals surface area contributed by atoms with Crippen molar-refractivity contribution in [3.63, 3.8) is 0 Å². The van der Waals surface area contributed by atoms with Crippen molar-refractivity contribution in [2.75, 3.05) is 25.0 Å². The van der Waals surface area contributed by atoms with E-state index >= 15 is 0 Å². The van der Waals surface area contributed by atoms with Crippen molar-refractivity contribution in [1.82, 2.24) is 10.1 Å². The average Bonchev–Trinajstić information content (AvgIpc) is 2.90. The molecule has 5 nitrogen and oxygen atoms in total. The third kappa shape index (κ3) is 3.26. The number of aromatic nitrogens is 1. The minimum absolute atomic E-state index is 0. The topological polar surface area (TPSA) is 50.5 Å². The first kappa shape index (κ1) is 16.4. The van der Waals surface area contributed by atoms with Crippen LogP contribution in [0.3, 0.4) is 0 Å². The van der Waals surface area contributed by atoms with Gasteiger partial charge >= 0.3 is 0 Å². The van der Waals surface area contributed by atoms with E-state index in [9.17, 15) is 0 Å². The summed E-state index contributed by atoms with van der Waals surface area (Å²) in [5, 5.41) is 8.88. The largest absolute Gasteiger partial charge is 0.491 e. The number of anilines is 1. The van der Waals surface area contributed by atoms with E-state index in [0.717, 1.165) is 35.0 Å². The molecule has 5 rings (SSSR count). The minimum Gasteiger partial charge on any atom is -0.491 e. The Labute approximate surface area is 142 Å². The molecule has 1 N–H and O–H groups in total. The molecule has 3 aliphatic heterocycles. The fraction of sp³-hybridized carbons (Fsp3) is 0.588. The Kier molecular flexibility index (Phi) is 4.69. The molecule has 0 spiro atoms. The lowest BCUT2D eigenvalue weighted by Crippen LogP contribution is -2.53. The molecule has 0 amide bonds. The lowest BCUT2D eigenvalue weighted by molar-refractivity contribution is 0.0973. The maximum Gasteiger partial charge on any atom is 0.177 e. The number of halogens is 1. The van der Waals surface area contributed by atoms with E-state index in [0.29, 0.717) is 6.04 Å². The monoisotopic (exact) mass is 337 g/mol. The molecule has 4 heterocycles. The normalized spacial score (nSPS) is 26.3. The molecular formula is C17H24ClN3O2. The number of piperidine rings is 3. The summed E-state index contributed by atoms with van der Waals surface area (Å²) in [7, 11) is 0. The third-order valence-corrected chi connectivity index (χ3v) is 4.79. The number of nitrogens with one attached hydrogen (secondary N) is 1. The first-order valence-corrected chi connectivity index (χ1v) is 8.24. The zero-order valence-electron chi connectivity index (χ0n) is 13.6. The number of nitrogens with zero attached hydrogens (tertiary/aromatic N) is 2. The number of ether oxygens (including phenoxy) is 1. The second-order valence-electron chi connectivity index (χ2n) is 6.74. The predicted molar refractivity (Wildman–Crippen MR) is 93.6 cm³/mol. The van der Waals surface area contributed by atoms with Crippen molar-refractivity contribution in [3.05, 3.63) is 18.2 Å². The Hall–Kier alpha value is -1.46. The van der Waals surface area contributed by atoms with Crippen LogP contribution in [0.4, 0.5) is 5.82 Å². The molecule has 0 aliphatic carbocycles. The quantitative estimate of drug-likeness (QED) is 0.924. The van der Waals surface area contributed by atoms with Crippen molar-refractivity contribution in [2.24, 2.45) is 5.92 Å². The van der Waals surface area contributed by atoms with Gasteiger partial charge in [0.15, 0.2) is 11.4 Å². The summed E-state index contributed by atoms with van der Waals surface area (Å²) < 4.78 is 11.2. The van der Waals surface area contributed by atoms with Crippen LogP contribution >= 0.6 is 12.4 Å². The van der Waals surface area contributed by atoms with E-state index in [1.54, 1.807) is 0 Å². The van der Waals surface area contributed by atoms with Gasteiger partial charge in [-0.3, -0.25) is 0 Å². The summed E-state index contributed by atoms with van der Waals surface area (Å²) >= 11 is 0. The highest BCUT2D eigenvalue weighted by atomic mass is 35.5. The Morgan fingerprint density at radius 2 is 2.09 bits per heavy atom. The van der Waals surface area contributed by atoms with Crippen LogP contribution in [0.2, 0.25) is 0 Å². The van der Waals surface area contributed by atoms with Crippen molar-refractivity contribution < 1.29 is 9.26 Å². The average molecular weight is 338 g/mol. The molecule has 6 heteroatoms. The van der Waals surface area contributed by atoms with Gasteiger partial charge in [0, 0.05) is 18.7 Å². The van der Waals surface area contributed by atoms with E-state index in [1.807, 2.05) is 32.0 Å². The van der Waals surface area contributed by atoms with Gasteiger partial charge in [-0.25, -0.2) is 0 Å². The predicted octanol–water partition coefficient (Wildman–Crippen LogP) is 3.54. The summed E-state index contributed by atoms with van der Waals surface area (Å²) in [6.07, 6.45) is 2.74. The van der Waals surface area contributed by atoms with Crippen LogP contribution in [-0.4, -0.2) is 41.8 Å². The zero-order valence-corrected chi connectivity index (χ0v) is 14.4. The van der Waals surface area contributed by atoms with Crippen LogP contribution in [0.5, 0.6) is 5.75 Å². The van der Waals surface area contributed by atoms with Crippen molar-refractivity contribution in [3.8, 4) is 5.75 Å². The van der Waals surface area contributed by atoms with Crippen LogP contribution < -0.4 is 10.1 Å². The molecule has 1 atom stereocenters. The highest BCUT2D eigenvalue weighted by molar-refractivity contribution is 5.89. The Morgan fingerprint density at radius 3 is 2.74 bits per heavy atom. The zero-order chi connectivity index (χ0) is 15.1. The Balaban J connectivity index is 0.00000156. The molecule has 3 aliphatic rings. The van der Waals surface area contributed by atoms with Gasteiger partial charge in [0.2, 0.25) is 0 Å². The number of fused-ring (bicyclic) bond motifs is 4. The van der Waals surface area contributed by atoms with Crippen LogP contribution in [0, 0.1) is 5.92 Å². The number of benzene rings is 1. The van der Waals surface area contributed by atoms with Gasteiger partial charge in [0.25, 0.3) is 0 Å². The standard InChI is InChI=1S/C17H23N3O2.ClH/c1-11(2)21-13-3-4-14-16(9-13)22-19-17(14)18-15-10-20-7-5-12(15)6-8-20;/h3-4,9,11-12,15H,5-8,10H2,1-2H3,(H,18,19);1H/t15-;/m0./s1. The lowest BCUT2D eigenvalue weighted by Gasteiger charge is -2.44. The van der Waals surface area contributed by atoms with Gasteiger partial charge in [-0.1, -0.05) is 5.16 Å². The second-order valence-corrected chi connectivity index (χ2v) is 6.74. The van der Waals surface area contributed by atoms with E-state index in [-0.39, 0.29) is 18.5 Å². The SMILES string of the molecule is CC(C)Oc1ccc2c(N[C@H]3CN4CCC3CC4)noc2c1.Cl. The van der Waals surface area contributed by atoms with Gasteiger partial charge in [-0.2, -0.15) is 0 Å². The summed E-state index contributed by atoms with van der Waals surface area (Å²) in [6.45, 7) is 7.65. The van der Waals surface area contributed by atoms with Crippen LogP contribution in [0.1, 0.15) is 26.7 Å². The molecule has 2 aromatic rings. The van der Waals surface area contributed by atoms with Gasteiger partial charge in [0.05, 0.1) is 11.5 Å². The number of rotatable bonds is 4. The van der Waals surface area contributed by atoms with E-state index in [2.05, 4.69) is 15.4 Å². The van der Waals surface area contributed by atoms with E-state index in [4.69, 9.17) is 9.26 Å². The summed E-state index contributed by atoms with van der Waals surface area (Å²) in [5.41, 5.74) is 0.780. The fourth-order valence-electron chi connectivity index (χ4n) is 3.67. The van der Waals surface area contributed by atoms with Crippen LogP contribution in [-0.2, 0) is 0 Å². The Bertz CT molecular complexity index is 665. The van der Waals surface area contributed by atoms with E-state index < -0.39 is 0 Å². The molecule has 0 radical (unpaired) electrons. The maximum atomic E-state index is 5.71. The summed E-state index contributed by atoms with van der Waals surface area (Å²) in [6, 6.07) is 6.43. The third-order valence-electron chi connectivity index (χ3n) is 4.79. The molecular weight excluding hydrogens is 314 g/mol. The Morgan fingerprint density at radius 1 is 1.30 bits per heavy atom. The molecule has 23 heavy (non-hydrogen) atoms. The van der Waals surface area contributed by atoms with Crippen molar-refractivity contribution >= 4 is 29.2 Å². The van der Waals surface area contributed by atoms with Gasteiger partial charge < -0.3 is 19.5 Å². The molecule has 1 aromatic carbocycles. The maximum absolute atomic E-state index is 5.71. The molecule has 2 bridgehead atoms. The molecule has 3 fully saturated rings. The van der Waals surface area contributed by atoms with Crippen molar-refractivity contribution in [2.45, 2.75) is 38.8 Å². The highest BCUT2D eigenvalue weighted by Crippen LogP contribution is 2.32. The van der Waals surface area contributed by atoms with Gasteiger partial charge in [0.1, 0.15) is 5.75 Å². The summed E-state index contributed by atoms with van der Waals surface area (Å²) in [4.78, 5) is 2.54. The summed E-state index contributed by atoms with van der Waals surface area (Å²) in [5.74, 6) is 2.46. The number of hydrogen-bond donors (Lipinski definition) is 1. The van der Waals surface area contributed by atoms with Gasteiger partial charge in [-0.15, -0.1) is 12.4 Å². The fourth-order valence-corrected chi connectivity index (χ4v) is 3.67. The minimum atomic E-state index is 0. The number of hydrogen-bond acceptors (Lipinski definition) is 5. The van der Waals surface area contributed by atoms with Crippen molar-refractivity contribution in [1.29, 1.82) is 0 Å². The van der Waals surface area contributed by atoms with Crippen LogP contribution in [0.25, 0.3) is 11.0 Å².